The zero-order chi connectivity index (χ0) is 13.6. The molecule has 0 spiro atoms. The second-order valence-corrected chi connectivity index (χ2v) is 7.95. The SMILES string of the molecule is CCCCCCC(C)(CN)N1CCS(=O)(=O)CC1. The summed E-state index contributed by atoms with van der Waals surface area (Å²) in [5, 5.41) is 0. The van der Waals surface area contributed by atoms with E-state index in [1.54, 1.807) is 0 Å². The normalized spacial score (nSPS) is 23.7. The van der Waals surface area contributed by atoms with Crippen molar-refractivity contribution in [3.63, 3.8) is 0 Å². The van der Waals surface area contributed by atoms with E-state index in [-0.39, 0.29) is 17.0 Å². The van der Waals surface area contributed by atoms with Crippen LogP contribution in [0.5, 0.6) is 0 Å². The van der Waals surface area contributed by atoms with E-state index in [0.717, 1.165) is 6.42 Å². The van der Waals surface area contributed by atoms with Crippen molar-refractivity contribution < 1.29 is 8.42 Å². The van der Waals surface area contributed by atoms with E-state index in [2.05, 4.69) is 18.7 Å². The predicted octanol–water partition coefficient (Wildman–Crippen LogP) is 1.40. The van der Waals surface area contributed by atoms with Crippen LogP contribution in [0.2, 0.25) is 0 Å². The number of sulfone groups is 1. The summed E-state index contributed by atoms with van der Waals surface area (Å²) < 4.78 is 22.9. The Morgan fingerprint density at radius 2 is 1.78 bits per heavy atom. The van der Waals surface area contributed by atoms with Crippen LogP contribution in [0.25, 0.3) is 0 Å². The van der Waals surface area contributed by atoms with Crippen molar-refractivity contribution >= 4 is 9.84 Å². The van der Waals surface area contributed by atoms with Crippen LogP contribution in [-0.4, -0.2) is 50.0 Å². The first-order chi connectivity index (χ1) is 8.43. The second-order valence-electron chi connectivity index (χ2n) is 5.65. The van der Waals surface area contributed by atoms with Gasteiger partial charge in [-0.05, 0) is 13.3 Å². The van der Waals surface area contributed by atoms with Gasteiger partial charge in [-0.15, -0.1) is 0 Å². The Hall–Kier alpha value is -0.130. The fourth-order valence-corrected chi connectivity index (χ4v) is 3.78. The van der Waals surface area contributed by atoms with E-state index in [1.807, 2.05) is 0 Å². The van der Waals surface area contributed by atoms with Crippen LogP contribution in [0.1, 0.15) is 46.0 Å². The topological polar surface area (TPSA) is 63.4 Å². The average molecular weight is 276 g/mol. The number of hydrogen-bond donors (Lipinski definition) is 1. The predicted molar refractivity (Wildman–Crippen MR) is 76.4 cm³/mol. The van der Waals surface area contributed by atoms with Gasteiger partial charge in [-0.25, -0.2) is 8.42 Å². The van der Waals surface area contributed by atoms with Gasteiger partial charge in [0.15, 0.2) is 9.84 Å². The maximum atomic E-state index is 11.5. The van der Waals surface area contributed by atoms with Crippen molar-refractivity contribution in [2.45, 2.75) is 51.5 Å². The highest BCUT2D eigenvalue weighted by molar-refractivity contribution is 7.91. The van der Waals surface area contributed by atoms with Gasteiger partial charge in [0.05, 0.1) is 11.5 Å². The summed E-state index contributed by atoms with van der Waals surface area (Å²) in [5.41, 5.74) is 5.90. The molecular formula is C13H28N2O2S. The van der Waals surface area contributed by atoms with Gasteiger partial charge in [0.25, 0.3) is 0 Å². The fraction of sp³-hybridized carbons (Fsp3) is 1.00. The van der Waals surface area contributed by atoms with Gasteiger partial charge < -0.3 is 5.73 Å². The molecule has 18 heavy (non-hydrogen) atoms. The molecule has 0 aliphatic carbocycles. The molecule has 0 amide bonds. The first-order valence-corrected chi connectivity index (χ1v) is 8.91. The van der Waals surface area contributed by atoms with Crippen LogP contribution in [0.4, 0.5) is 0 Å². The number of unbranched alkanes of at least 4 members (excludes halogenated alkanes) is 3. The third kappa shape index (κ3) is 4.52. The van der Waals surface area contributed by atoms with Crippen LogP contribution < -0.4 is 5.73 Å². The van der Waals surface area contributed by atoms with Gasteiger partial charge in [-0.3, -0.25) is 4.90 Å². The van der Waals surface area contributed by atoms with Crippen LogP contribution in [0.3, 0.4) is 0 Å². The van der Waals surface area contributed by atoms with Gasteiger partial charge in [-0.1, -0.05) is 32.6 Å². The van der Waals surface area contributed by atoms with Crippen molar-refractivity contribution in [2.75, 3.05) is 31.1 Å². The van der Waals surface area contributed by atoms with Gasteiger partial charge in [-0.2, -0.15) is 0 Å². The minimum atomic E-state index is -2.80. The molecule has 108 valence electrons. The number of hydrogen-bond acceptors (Lipinski definition) is 4. The standard InChI is InChI=1S/C13H28N2O2S/c1-3-4-5-6-7-13(2,12-14)15-8-10-18(16,17)11-9-15/h3-12,14H2,1-2H3. The van der Waals surface area contributed by atoms with Gasteiger partial charge in [0, 0.05) is 25.2 Å². The molecule has 0 radical (unpaired) electrons. The van der Waals surface area contributed by atoms with Crippen molar-refractivity contribution in [2.24, 2.45) is 5.73 Å². The molecule has 1 aliphatic rings. The van der Waals surface area contributed by atoms with Crippen molar-refractivity contribution in [3.8, 4) is 0 Å². The zero-order valence-corrected chi connectivity index (χ0v) is 12.6. The largest absolute Gasteiger partial charge is 0.329 e. The maximum Gasteiger partial charge on any atom is 0.152 e. The highest BCUT2D eigenvalue weighted by Crippen LogP contribution is 2.24. The second kappa shape index (κ2) is 6.87. The minimum absolute atomic E-state index is 0.0241. The molecule has 4 nitrogen and oxygen atoms in total. The monoisotopic (exact) mass is 276 g/mol. The lowest BCUT2D eigenvalue weighted by molar-refractivity contribution is 0.109. The quantitative estimate of drug-likeness (QED) is 0.714. The van der Waals surface area contributed by atoms with E-state index in [0.29, 0.717) is 19.6 Å². The van der Waals surface area contributed by atoms with Gasteiger partial charge in [0.2, 0.25) is 0 Å². The summed E-state index contributed by atoms with van der Waals surface area (Å²) in [6.07, 6.45) is 6.02. The molecule has 1 heterocycles. The number of rotatable bonds is 7. The minimum Gasteiger partial charge on any atom is -0.329 e. The van der Waals surface area contributed by atoms with Crippen LogP contribution in [0.15, 0.2) is 0 Å². The molecule has 0 saturated carbocycles. The highest BCUT2D eigenvalue weighted by atomic mass is 32.2. The summed E-state index contributed by atoms with van der Waals surface area (Å²) in [6, 6.07) is 0. The molecule has 1 saturated heterocycles. The third-order valence-corrected chi connectivity index (χ3v) is 5.73. The Kier molecular flexibility index (Phi) is 6.08. The van der Waals surface area contributed by atoms with Crippen molar-refractivity contribution in [1.29, 1.82) is 0 Å². The Balaban J connectivity index is 2.48. The molecule has 1 rings (SSSR count). The Morgan fingerprint density at radius 1 is 1.17 bits per heavy atom. The molecule has 0 aromatic carbocycles. The molecule has 1 fully saturated rings. The smallest absolute Gasteiger partial charge is 0.152 e. The molecule has 0 bridgehead atoms. The van der Waals surface area contributed by atoms with E-state index in [4.69, 9.17) is 5.73 Å². The Bertz CT molecular complexity index is 329. The van der Waals surface area contributed by atoms with E-state index in [1.165, 1.54) is 25.7 Å². The summed E-state index contributed by atoms with van der Waals surface area (Å²) in [6.45, 7) is 6.28. The molecular weight excluding hydrogens is 248 g/mol. The van der Waals surface area contributed by atoms with Crippen LogP contribution in [-0.2, 0) is 9.84 Å². The molecule has 0 aromatic rings. The van der Waals surface area contributed by atoms with Crippen molar-refractivity contribution in [1.82, 2.24) is 4.90 Å². The lowest BCUT2D eigenvalue weighted by Gasteiger charge is -2.42. The first-order valence-electron chi connectivity index (χ1n) is 7.09. The molecule has 2 N–H and O–H groups in total. The third-order valence-electron chi connectivity index (χ3n) is 4.12. The average Bonchev–Trinajstić information content (AvgIpc) is 2.34. The molecule has 1 unspecified atom stereocenters. The lowest BCUT2D eigenvalue weighted by Crippen LogP contribution is -2.56. The van der Waals surface area contributed by atoms with E-state index >= 15 is 0 Å². The van der Waals surface area contributed by atoms with E-state index in [9.17, 15) is 8.42 Å². The van der Waals surface area contributed by atoms with E-state index < -0.39 is 9.84 Å². The molecule has 5 heteroatoms. The zero-order valence-electron chi connectivity index (χ0n) is 11.8. The number of nitrogens with zero attached hydrogens (tertiary/aromatic N) is 1. The molecule has 0 aromatic heterocycles. The maximum absolute atomic E-state index is 11.5. The van der Waals surface area contributed by atoms with Gasteiger partial charge >= 0.3 is 0 Å². The van der Waals surface area contributed by atoms with Crippen LogP contribution >= 0.6 is 0 Å². The highest BCUT2D eigenvalue weighted by Gasteiger charge is 2.34. The number of nitrogens with two attached hydrogens (primary N) is 1. The Morgan fingerprint density at radius 3 is 2.28 bits per heavy atom. The Labute approximate surface area is 112 Å². The first kappa shape index (κ1) is 15.9. The van der Waals surface area contributed by atoms with Crippen LogP contribution in [0, 0.1) is 0 Å². The summed E-state index contributed by atoms with van der Waals surface area (Å²) >= 11 is 0. The molecule has 1 atom stereocenters. The molecule has 1 aliphatic heterocycles. The van der Waals surface area contributed by atoms with Crippen molar-refractivity contribution in [3.05, 3.63) is 0 Å². The van der Waals surface area contributed by atoms with Gasteiger partial charge in [0.1, 0.15) is 0 Å². The lowest BCUT2D eigenvalue weighted by atomic mass is 9.92. The fourth-order valence-electron chi connectivity index (χ4n) is 2.57. The summed E-state index contributed by atoms with van der Waals surface area (Å²) in [5.74, 6) is 0.578. The summed E-state index contributed by atoms with van der Waals surface area (Å²) in [4.78, 5) is 2.28. The summed E-state index contributed by atoms with van der Waals surface area (Å²) in [7, 11) is -2.80.